The van der Waals surface area contributed by atoms with Gasteiger partial charge in [-0.25, -0.2) is 4.98 Å². The summed E-state index contributed by atoms with van der Waals surface area (Å²) in [6, 6.07) is 3.50. The number of aromatic nitrogens is 2. The standard InChI is InChI=1S/C15H18ClN3O2S/c1-9-7-12(13(21-4)8-11(9)16)18-14(20)10(2)22-15-17-5-6-19(15)3/h5-8,10H,1-4H3,(H,18,20). The molecule has 5 nitrogen and oxygen atoms in total. The van der Waals surface area contributed by atoms with E-state index in [-0.39, 0.29) is 11.2 Å². The van der Waals surface area contributed by atoms with Gasteiger partial charge in [0.1, 0.15) is 5.75 Å². The Morgan fingerprint density at radius 2 is 2.23 bits per heavy atom. The minimum Gasteiger partial charge on any atom is -0.495 e. The van der Waals surface area contributed by atoms with Gasteiger partial charge in [0.25, 0.3) is 0 Å². The van der Waals surface area contributed by atoms with E-state index < -0.39 is 0 Å². The van der Waals surface area contributed by atoms with E-state index in [1.165, 1.54) is 11.8 Å². The molecule has 0 bridgehead atoms. The predicted molar refractivity (Wildman–Crippen MR) is 89.9 cm³/mol. The highest BCUT2D eigenvalue weighted by Crippen LogP contribution is 2.31. The van der Waals surface area contributed by atoms with Crippen LogP contribution >= 0.6 is 23.4 Å². The molecular formula is C15H18ClN3O2S. The molecule has 2 aromatic rings. The smallest absolute Gasteiger partial charge is 0.237 e. The quantitative estimate of drug-likeness (QED) is 0.847. The fraction of sp³-hybridized carbons (Fsp3) is 0.333. The molecule has 1 amide bonds. The number of benzene rings is 1. The molecule has 118 valence electrons. The first-order chi connectivity index (χ1) is 10.4. The molecule has 0 radical (unpaired) electrons. The molecule has 0 aliphatic heterocycles. The van der Waals surface area contributed by atoms with E-state index in [0.717, 1.165) is 10.7 Å². The van der Waals surface area contributed by atoms with Crippen LogP contribution in [0.3, 0.4) is 0 Å². The lowest BCUT2D eigenvalue weighted by Gasteiger charge is -2.15. The van der Waals surface area contributed by atoms with Gasteiger partial charge in [0.15, 0.2) is 5.16 Å². The van der Waals surface area contributed by atoms with Gasteiger partial charge in [0.2, 0.25) is 5.91 Å². The summed E-state index contributed by atoms with van der Waals surface area (Å²) in [5.74, 6) is 0.422. The van der Waals surface area contributed by atoms with Crippen molar-refractivity contribution in [2.24, 2.45) is 7.05 Å². The number of anilines is 1. The number of amides is 1. The largest absolute Gasteiger partial charge is 0.495 e. The summed E-state index contributed by atoms with van der Waals surface area (Å²) in [5, 5.41) is 3.99. The van der Waals surface area contributed by atoms with Crippen LogP contribution in [0.5, 0.6) is 5.75 Å². The zero-order chi connectivity index (χ0) is 16.3. The van der Waals surface area contributed by atoms with Crippen molar-refractivity contribution >= 4 is 35.0 Å². The average Bonchev–Trinajstić information content (AvgIpc) is 2.87. The second kappa shape index (κ2) is 7.07. The van der Waals surface area contributed by atoms with Gasteiger partial charge in [0, 0.05) is 30.5 Å². The van der Waals surface area contributed by atoms with E-state index >= 15 is 0 Å². The molecule has 1 aromatic carbocycles. The molecule has 1 atom stereocenters. The average molecular weight is 340 g/mol. The van der Waals surface area contributed by atoms with Crippen molar-refractivity contribution in [1.82, 2.24) is 9.55 Å². The summed E-state index contributed by atoms with van der Waals surface area (Å²) in [6.07, 6.45) is 3.55. The Morgan fingerprint density at radius 1 is 1.50 bits per heavy atom. The normalized spacial score (nSPS) is 12.0. The van der Waals surface area contributed by atoms with Gasteiger partial charge in [-0.1, -0.05) is 23.4 Å². The van der Waals surface area contributed by atoms with Crippen LogP contribution in [0.1, 0.15) is 12.5 Å². The maximum absolute atomic E-state index is 12.4. The first-order valence-electron chi connectivity index (χ1n) is 6.71. The summed E-state index contributed by atoms with van der Waals surface area (Å²) in [7, 11) is 3.44. The molecule has 0 spiro atoms. The molecule has 2 rings (SSSR count). The van der Waals surface area contributed by atoms with Gasteiger partial charge in [0.05, 0.1) is 18.0 Å². The number of halogens is 1. The number of carbonyl (C=O) groups excluding carboxylic acids is 1. The van der Waals surface area contributed by atoms with Crippen LogP contribution in [0.4, 0.5) is 5.69 Å². The summed E-state index contributed by atoms with van der Waals surface area (Å²) in [4.78, 5) is 16.6. The number of rotatable bonds is 5. The third-order valence-electron chi connectivity index (χ3n) is 3.17. The van der Waals surface area contributed by atoms with E-state index in [0.29, 0.717) is 16.5 Å². The third kappa shape index (κ3) is 3.75. The highest BCUT2D eigenvalue weighted by molar-refractivity contribution is 8.00. The van der Waals surface area contributed by atoms with Crippen molar-refractivity contribution in [1.29, 1.82) is 0 Å². The number of nitrogens with zero attached hydrogens (tertiary/aromatic N) is 2. The van der Waals surface area contributed by atoms with E-state index in [1.54, 1.807) is 25.4 Å². The summed E-state index contributed by atoms with van der Waals surface area (Å²) < 4.78 is 7.14. The number of imidazole rings is 1. The minimum atomic E-state index is -0.290. The van der Waals surface area contributed by atoms with Crippen LogP contribution in [0.25, 0.3) is 0 Å². The number of carbonyl (C=O) groups is 1. The SMILES string of the molecule is COc1cc(Cl)c(C)cc1NC(=O)C(C)Sc1nccn1C. The van der Waals surface area contributed by atoms with Gasteiger partial charge in [-0.3, -0.25) is 4.79 Å². The molecule has 0 fully saturated rings. The second-order valence-corrected chi connectivity index (χ2v) is 6.59. The van der Waals surface area contributed by atoms with Gasteiger partial charge in [-0.15, -0.1) is 0 Å². The highest BCUT2D eigenvalue weighted by atomic mass is 35.5. The zero-order valence-corrected chi connectivity index (χ0v) is 14.5. The highest BCUT2D eigenvalue weighted by Gasteiger charge is 2.18. The minimum absolute atomic E-state index is 0.118. The Morgan fingerprint density at radius 3 is 2.82 bits per heavy atom. The number of hydrogen-bond acceptors (Lipinski definition) is 4. The Bertz CT molecular complexity index is 687. The Kier molecular flexibility index (Phi) is 5.37. The molecule has 0 saturated carbocycles. The maximum atomic E-state index is 12.4. The van der Waals surface area contributed by atoms with Crippen LogP contribution in [-0.2, 0) is 11.8 Å². The molecule has 7 heteroatoms. The van der Waals surface area contributed by atoms with E-state index in [4.69, 9.17) is 16.3 Å². The fourth-order valence-electron chi connectivity index (χ4n) is 1.84. The van der Waals surface area contributed by atoms with Crippen LogP contribution < -0.4 is 10.1 Å². The van der Waals surface area contributed by atoms with Crippen LogP contribution in [0.15, 0.2) is 29.7 Å². The van der Waals surface area contributed by atoms with E-state index in [9.17, 15) is 4.79 Å². The lowest BCUT2D eigenvalue weighted by Crippen LogP contribution is -2.23. The number of methoxy groups -OCH3 is 1. The molecule has 1 unspecified atom stereocenters. The summed E-state index contributed by atoms with van der Waals surface area (Å²) >= 11 is 7.47. The van der Waals surface area contributed by atoms with E-state index in [1.807, 2.05) is 31.7 Å². The number of nitrogens with one attached hydrogen (secondary N) is 1. The molecule has 0 saturated heterocycles. The maximum Gasteiger partial charge on any atom is 0.237 e. The van der Waals surface area contributed by atoms with Crippen molar-refractivity contribution in [3.05, 3.63) is 35.1 Å². The monoisotopic (exact) mass is 339 g/mol. The lowest BCUT2D eigenvalue weighted by atomic mass is 10.2. The molecule has 22 heavy (non-hydrogen) atoms. The lowest BCUT2D eigenvalue weighted by molar-refractivity contribution is -0.115. The topological polar surface area (TPSA) is 56.1 Å². The van der Waals surface area contributed by atoms with Crippen molar-refractivity contribution in [3.63, 3.8) is 0 Å². The fourth-order valence-corrected chi connectivity index (χ4v) is 2.83. The van der Waals surface area contributed by atoms with Crippen LogP contribution in [0.2, 0.25) is 5.02 Å². The Balaban J connectivity index is 2.11. The molecular weight excluding hydrogens is 322 g/mol. The molecule has 0 aliphatic carbocycles. The van der Waals surface area contributed by atoms with Crippen molar-refractivity contribution in [2.45, 2.75) is 24.3 Å². The Hall–Kier alpha value is -1.66. The number of aryl methyl sites for hydroxylation is 2. The predicted octanol–water partition coefficient (Wildman–Crippen LogP) is 3.51. The van der Waals surface area contributed by atoms with Crippen LogP contribution in [-0.4, -0.2) is 27.8 Å². The van der Waals surface area contributed by atoms with Gasteiger partial charge in [-0.05, 0) is 25.5 Å². The van der Waals surface area contributed by atoms with E-state index in [2.05, 4.69) is 10.3 Å². The van der Waals surface area contributed by atoms with Gasteiger partial charge in [-0.2, -0.15) is 0 Å². The number of hydrogen-bond donors (Lipinski definition) is 1. The Labute approximate surface area is 139 Å². The summed E-state index contributed by atoms with van der Waals surface area (Å²) in [6.45, 7) is 3.72. The zero-order valence-electron chi connectivity index (χ0n) is 12.9. The third-order valence-corrected chi connectivity index (χ3v) is 4.75. The summed E-state index contributed by atoms with van der Waals surface area (Å²) in [5.41, 5.74) is 1.49. The van der Waals surface area contributed by atoms with Crippen molar-refractivity contribution < 1.29 is 9.53 Å². The molecule has 1 N–H and O–H groups in total. The molecule has 1 aromatic heterocycles. The first-order valence-corrected chi connectivity index (χ1v) is 7.97. The molecule has 1 heterocycles. The van der Waals surface area contributed by atoms with Gasteiger partial charge >= 0.3 is 0 Å². The molecule has 0 aliphatic rings. The number of ether oxygens (including phenoxy) is 1. The van der Waals surface area contributed by atoms with Crippen molar-refractivity contribution in [3.8, 4) is 5.75 Å². The van der Waals surface area contributed by atoms with Crippen molar-refractivity contribution in [2.75, 3.05) is 12.4 Å². The second-order valence-electron chi connectivity index (χ2n) is 4.87. The van der Waals surface area contributed by atoms with Gasteiger partial charge < -0.3 is 14.6 Å². The number of thioether (sulfide) groups is 1. The van der Waals surface area contributed by atoms with Crippen LogP contribution in [0, 0.1) is 6.92 Å². The first kappa shape index (κ1) is 16.7.